The SMILES string of the molecule is C#Cc1cn(C(C)C)c2ncnc(N)c12.CC(C)n1ccc2c(N)ncnc21.CC(C)n1cnc2c(Cl)ncnc21.Cc1nc2c(ccn2C(C)C)c(=O)[nH]1.Cc1nc2c(nnn2C(C)C)c(=O)[nH]1. The fourth-order valence-corrected chi connectivity index (χ4v) is 7.26. The van der Waals surface area contributed by atoms with Gasteiger partial charge in [-0.25, -0.2) is 49.5 Å². The number of H-pyrrole nitrogens is 2. The molecule has 10 rings (SSSR count). The van der Waals surface area contributed by atoms with Gasteiger partial charge in [0.1, 0.15) is 64.7 Å². The van der Waals surface area contributed by atoms with Crippen molar-refractivity contribution in [3.05, 3.63) is 99.1 Å². The molecule has 0 fully saturated rings. The molecule has 69 heavy (non-hydrogen) atoms. The molecule has 22 nitrogen and oxygen atoms in total. The number of hydrogen-bond acceptors (Lipinski definition) is 15. The summed E-state index contributed by atoms with van der Waals surface area (Å²) in [6.07, 6.45) is 17.3. The van der Waals surface area contributed by atoms with E-state index < -0.39 is 0 Å². The zero-order chi connectivity index (χ0) is 50.4. The summed E-state index contributed by atoms with van der Waals surface area (Å²) in [5.41, 5.74) is 16.7. The third-order valence-electron chi connectivity index (χ3n) is 10.5. The molecule has 0 aliphatic rings. The molecule has 360 valence electrons. The van der Waals surface area contributed by atoms with Crippen molar-refractivity contribution in [1.82, 2.24) is 88.1 Å². The highest BCUT2D eigenvalue weighted by Crippen LogP contribution is 2.26. The molecule has 0 saturated heterocycles. The number of nitrogens with zero attached hydrogens (tertiary/aromatic N) is 16. The minimum absolute atomic E-state index is 0.0631. The first kappa shape index (κ1) is 50.4. The van der Waals surface area contributed by atoms with Crippen LogP contribution in [0.3, 0.4) is 0 Å². The molecule has 0 radical (unpaired) electrons. The molecule has 0 aliphatic heterocycles. The summed E-state index contributed by atoms with van der Waals surface area (Å²) in [6.45, 7) is 24.1. The van der Waals surface area contributed by atoms with Crippen molar-refractivity contribution in [1.29, 1.82) is 0 Å². The van der Waals surface area contributed by atoms with Crippen molar-refractivity contribution in [2.24, 2.45) is 0 Å². The standard InChI is InChI=1S/C11H12N4.C10H13N3O.C9H12N4.C8H9ClN4.C8H11N5O/c1-4-8-5-15(7(2)3)11-9(8)10(12)13-6-14-11;1-6(2)13-5-4-8-9(13)11-7(3)12-10(8)14;1-6(2)13-4-3-7-8(10)11-5-12-9(7)13;1-5(2)13-4-12-6-7(9)10-3-11-8(6)13;1-4(2)13-7-6(11-12-13)8(14)10-5(3)9-7/h1,5-7H,2-3H3,(H2,12,13,14);4-6H,1-3H3,(H,11,12,14);3-6H,1-2H3,(H2,10,11,12);3-5H,1-2H3;4H,1-3H3,(H,9,10,14). The van der Waals surface area contributed by atoms with Gasteiger partial charge in [-0.15, -0.1) is 11.5 Å². The lowest BCUT2D eigenvalue weighted by Crippen LogP contribution is -2.11. The summed E-state index contributed by atoms with van der Waals surface area (Å²) < 4.78 is 9.67. The van der Waals surface area contributed by atoms with Crippen LogP contribution in [-0.2, 0) is 0 Å². The third-order valence-corrected chi connectivity index (χ3v) is 10.8. The Morgan fingerprint density at radius 2 is 1.13 bits per heavy atom. The van der Waals surface area contributed by atoms with Gasteiger partial charge in [-0.1, -0.05) is 22.7 Å². The molecular formula is C46H57ClN20O2. The molecule has 10 heterocycles. The summed E-state index contributed by atoms with van der Waals surface area (Å²) in [6, 6.07) is 5.24. The number of imidazole rings is 1. The van der Waals surface area contributed by atoms with E-state index >= 15 is 0 Å². The normalized spacial score (nSPS) is 11.3. The molecular weight excluding hydrogens is 900 g/mol. The lowest BCUT2D eigenvalue weighted by molar-refractivity contribution is 0.526. The van der Waals surface area contributed by atoms with Crippen molar-refractivity contribution >= 4 is 78.7 Å². The highest BCUT2D eigenvalue weighted by Gasteiger charge is 2.15. The average Bonchev–Trinajstić information content (AvgIpc) is 4.13. The summed E-state index contributed by atoms with van der Waals surface area (Å²) in [7, 11) is 0. The fourth-order valence-electron chi connectivity index (χ4n) is 7.09. The number of nitrogens with one attached hydrogen (secondary N) is 2. The van der Waals surface area contributed by atoms with Crippen molar-refractivity contribution in [3.8, 4) is 12.3 Å². The molecule has 10 aromatic heterocycles. The molecule has 0 bridgehead atoms. The molecule has 23 heteroatoms. The fraction of sp³-hybridized carbons (Fsp3) is 0.370. The molecule has 0 aliphatic carbocycles. The first-order chi connectivity index (χ1) is 32.7. The molecule has 0 amide bonds. The summed E-state index contributed by atoms with van der Waals surface area (Å²) >= 11 is 5.85. The monoisotopic (exact) mass is 956 g/mol. The van der Waals surface area contributed by atoms with Gasteiger partial charge in [0.15, 0.2) is 22.0 Å². The first-order valence-corrected chi connectivity index (χ1v) is 22.5. The van der Waals surface area contributed by atoms with Crippen LogP contribution >= 0.6 is 11.6 Å². The molecule has 0 spiro atoms. The maximum atomic E-state index is 11.5. The Bertz CT molecular complexity index is 3360. The van der Waals surface area contributed by atoms with E-state index in [9.17, 15) is 9.59 Å². The number of anilines is 2. The number of aryl methyl sites for hydroxylation is 2. The molecule has 0 aromatic carbocycles. The first-order valence-electron chi connectivity index (χ1n) is 22.1. The van der Waals surface area contributed by atoms with Crippen LogP contribution in [0.15, 0.2) is 65.6 Å². The number of aromatic amines is 2. The molecule has 0 unspecified atom stereocenters. The smallest absolute Gasteiger partial charge is 0.281 e. The second-order valence-electron chi connectivity index (χ2n) is 17.2. The van der Waals surface area contributed by atoms with Gasteiger partial charge in [-0.3, -0.25) is 9.59 Å². The minimum atomic E-state index is -0.237. The average molecular weight is 958 g/mol. The van der Waals surface area contributed by atoms with Crippen LogP contribution in [-0.4, -0.2) is 88.1 Å². The van der Waals surface area contributed by atoms with Gasteiger partial charge in [-0.05, 0) is 95.2 Å². The van der Waals surface area contributed by atoms with Crippen LogP contribution in [0.2, 0.25) is 5.15 Å². The van der Waals surface area contributed by atoms with Crippen molar-refractivity contribution < 1.29 is 0 Å². The van der Waals surface area contributed by atoms with E-state index in [1.54, 1.807) is 30.9 Å². The Balaban J connectivity index is 0.000000142. The molecule has 0 atom stereocenters. The van der Waals surface area contributed by atoms with Gasteiger partial charge >= 0.3 is 0 Å². The second-order valence-corrected chi connectivity index (χ2v) is 17.6. The highest BCUT2D eigenvalue weighted by atomic mass is 35.5. The van der Waals surface area contributed by atoms with E-state index in [1.807, 2.05) is 52.2 Å². The van der Waals surface area contributed by atoms with Crippen LogP contribution in [0.1, 0.15) is 117 Å². The number of halogens is 1. The van der Waals surface area contributed by atoms with Crippen LogP contribution in [0, 0.1) is 26.2 Å². The van der Waals surface area contributed by atoms with E-state index in [0.29, 0.717) is 74.7 Å². The van der Waals surface area contributed by atoms with E-state index in [2.05, 4.69) is 131 Å². The van der Waals surface area contributed by atoms with E-state index in [-0.39, 0.29) is 17.2 Å². The van der Waals surface area contributed by atoms with Gasteiger partial charge in [0.05, 0.1) is 34.1 Å². The van der Waals surface area contributed by atoms with Crippen LogP contribution < -0.4 is 22.6 Å². The van der Waals surface area contributed by atoms with Crippen LogP contribution in [0.4, 0.5) is 11.6 Å². The number of terminal acetylenes is 1. The van der Waals surface area contributed by atoms with E-state index in [4.69, 9.17) is 29.5 Å². The van der Waals surface area contributed by atoms with Crippen LogP contribution in [0.25, 0.3) is 55.4 Å². The van der Waals surface area contributed by atoms with Crippen molar-refractivity contribution in [2.75, 3.05) is 11.5 Å². The largest absolute Gasteiger partial charge is 0.383 e. The topological polar surface area (TPSA) is 284 Å². The Morgan fingerprint density at radius 3 is 1.74 bits per heavy atom. The Labute approximate surface area is 401 Å². The highest BCUT2D eigenvalue weighted by molar-refractivity contribution is 6.33. The second kappa shape index (κ2) is 21.3. The predicted molar refractivity (Wildman–Crippen MR) is 270 cm³/mol. The van der Waals surface area contributed by atoms with Gasteiger partial charge in [0.2, 0.25) is 0 Å². The lowest BCUT2D eigenvalue weighted by Gasteiger charge is -2.07. The predicted octanol–water partition coefficient (Wildman–Crippen LogP) is 7.25. The molecule has 10 aromatic rings. The van der Waals surface area contributed by atoms with Gasteiger partial charge in [-0.2, -0.15) is 0 Å². The van der Waals surface area contributed by atoms with Gasteiger partial charge in [0, 0.05) is 42.8 Å². The Hall–Kier alpha value is -8.06. The summed E-state index contributed by atoms with van der Waals surface area (Å²) in [5, 5.41) is 10.4. The van der Waals surface area contributed by atoms with Crippen molar-refractivity contribution in [2.45, 2.75) is 113 Å². The maximum Gasteiger partial charge on any atom is 0.281 e. The zero-order valence-corrected chi connectivity index (χ0v) is 41.4. The zero-order valence-electron chi connectivity index (χ0n) is 40.7. The number of fused-ring (bicyclic) bond motifs is 5. The summed E-state index contributed by atoms with van der Waals surface area (Å²) in [4.78, 5) is 65.2. The minimum Gasteiger partial charge on any atom is -0.383 e. The van der Waals surface area contributed by atoms with Gasteiger partial charge in [0.25, 0.3) is 11.1 Å². The van der Waals surface area contributed by atoms with Gasteiger partial charge < -0.3 is 39.7 Å². The number of aromatic nitrogens is 18. The Morgan fingerprint density at radius 1 is 0.594 bits per heavy atom. The van der Waals surface area contributed by atoms with Crippen molar-refractivity contribution in [3.63, 3.8) is 0 Å². The quantitative estimate of drug-likeness (QED) is 0.0976. The molecule has 0 saturated carbocycles. The van der Waals surface area contributed by atoms with E-state index in [1.165, 1.54) is 19.0 Å². The maximum absolute atomic E-state index is 11.5. The van der Waals surface area contributed by atoms with E-state index in [0.717, 1.165) is 38.9 Å². The number of nitrogen functional groups attached to an aromatic ring is 2. The number of hydrogen-bond donors (Lipinski definition) is 4. The Kier molecular flexibility index (Phi) is 15.5. The third kappa shape index (κ3) is 10.9. The summed E-state index contributed by atoms with van der Waals surface area (Å²) in [5.74, 6) is 4.82. The molecule has 6 N–H and O–H groups in total. The number of rotatable bonds is 5. The van der Waals surface area contributed by atoms with Crippen LogP contribution in [0.5, 0.6) is 0 Å². The lowest BCUT2D eigenvalue weighted by atomic mass is 10.2. The number of nitrogens with two attached hydrogens (primary N) is 2.